The molecule has 1 N–H and O–H groups in total. The van der Waals surface area contributed by atoms with Crippen LogP contribution in [0.15, 0.2) is 76.5 Å². The highest BCUT2D eigenvalue weighted by Crippen LogP contribution is 2.32. The summed E-state index contributed by atoms with van der Waals surface area (Å²) in [6.07, 6.45) is 0. The Morgan fingerprint density at radius 3 is 2.62 bits per heavy atom. The van der Waals surface area contributed by atoms with Crippen LogP contribution in [0.25, 0.3) is 43.8 Å². The smallest absolute Gasteiger partial charge is 0.345 e. The molecule has 3 aromatic heterocycles. The van der Waals surface area contributed by atoms with Gasteiger partial charge in [0.15, 0.2) is 5.58 Å². The minimum atomic E-state index is -0.442. The maximum atomic E-state index is 12.4. The summed E-state index contributed by atoms with van der Waals surface area (Å²) in [5.41, 5.74) is 2.16. The number of halogens is 2. The van der Waals surface area contributed by atoms with Crippen LogP contribution >= 0.6 is 43.2 Å². The van der Waals surface area contributed by atoms with Crippen molar-refractivity contribution < 1.29 is 8.83 Å². The number of benzene rings is 2. The van der Waals surface area contributed by atoms with Crippen molar-refractivity contribution in [3.63, 3.8) is 0 Å². The largest absolute Gasteiger partial charge is 0.437 e. The first-order chi connectivity index (χ1) is 14.0. The molecule has 0 unspecified atom stereocenters. The number of fused-ring (bicyclic) bond motifs is 2. The number of hydrogen-bond acceptors (Lipinski definition) is 6. The van der Waals surface area contributed by atoms with Crippen molar-refractivity contribution in [1.82, 2.24) is 4.98 Å². The van der Waals surface area contributed by atoms with Gasteiger partial charge in [-0.05, 0) is 46.3 Å². The highest BCUT2D eigenvalue weighted by molar-refractivity contribution is 9.11. The molecule has 3 heterocycles. The average Bonchev–Trinajstić information content (AvgIpc) is 3.17. The lowest BCUT2D eigenvalue weighted by Crippen LogP contribution is -2.04. The van der Waals surface area contributed by atoms with Crippen LogP contribution < -0.4 is 11.2 Å². The van der Waals surface area contributed by atoms with Gasteiger partial charge in [0.05, 0.1) is 21.3 Å². The van der Waals surface area contributed by atoms with Crippen molar-refractivity contribution in [2.75, 3.05) is 0 Å². The highest BCUT2D eigenvalue weighted by atomic mass is 79.9. The number of para-hydroxylation sites is 1. The summed E-state index contributed by atoms with van der Waals surface area (Å²) >= 11 is 8.28. The molecule has 2 aromatic carbocycles. The van der Waals surface area contributed by atoms with E-state index >= 15 is 0 Å². The van der Waals surface area contributed by atoms with E-state index in [0.29, 0.717) is 33.0 Å². The second kappa shape index (κ2) is 7.05. The van der Waals surface area contributed by atoms with E-state index in [4.69, 9.17) is 14.2 Å². The summed E-state index contributed by atoms with van der Waals surface area (Å²) in [4.78, 5) is 17.0. The second-order valence-corrected chi connectivity index (χ2v) is 8.95. The van der Waals surface area contributed by atoms with Gasteiger partial charge < -0.3 is 8.83 Å². The maximum Gasteiger partial charge on any atom is 0.345 e. The Morgan fingerprint density at radius 1 is 0.966 bits per heavy atom. The summed E-state index contributed by atoms with van der Waals surface area (Å²) in [6, 6.07) is 14.8. The molecular weight excluding hydrogens is 520 g/mol. The molecule has 0 aliphatic rings. The van der Waals surface area contributed by atoms with Gasteiger partial charge in [0.1, 0.15) is 10.6 Å². The first-order valence-corrected chi connectivity index (χ1v) is 10.9. The van der Waals surface area contributed by atoms with E-state index in [1.165, 1.54) is 11.3 Å². The molecule has 0 fully saturated rings. The molecule has 0 radical (unpaired) electrons. The third-order valence-electron chi connectivity index (χ3n) is 4.44. The fourth-order valence-electron chi connectivity index (χ4n) is 3.09. The third kappa shape index (κ3) is 3.27. The molecule has 0 bridgehead atoms. The Balaban J connectivity index is 1.66. The normalized spacial score (nSPS) is 11.4. The number of rotatable bonds is 2. The van der Waals surface area contributed by atoms with Crippen molar-refractivity contribution in [2.24, 2.45) is 0 Å². The first kappa shape index (κ1) is 18.5. The van der Waals surface area contributed by atoms with Crippen molar-refractivity contribution >= 4 is 65.1 Å². The zero-order valence-electron chi connectivity index (χ0n) is 14.5. The van der Waals surface area contributed by atoms with Crippen molar-refractivity contribution in [1.29, 1.82) is 5.41 Å². The van der Waals surface area contributed by atoms with E-state index in [1.807, 2.05) is 36.4 Å². The molecule has 5 nitrogen and oxygen atoms in total. The van der Waals surface area contributed by atoms with E-state index in [2.05, 4.69) is 36.8 Å². The van der Waals surface area contributed by atoms with Crippen molar-refractivity contribution in [3.8, 4) is 21.8 Å². The Labute approximate surface area is 184 Å². The van der Waals surface area contributed by atoms with Crippen LogP contribution in [0.4, 0.5) is 0 Å². The van der Waals surface area contributed by atoms with Gasteiger partial charge in [0.2, 0.25) is 5.55 Å². The lowest BCUT2D eigenvalue weighted by molar-refractivity contribution is 0.534. The summed E-state index contributed by atoms with van der Waals surface area (Å²) in [5, 5.41) is 12.3. The number of hydrogen-bond donors (Lipinski definition) is 1. The molecule has 0 spiro atoms. The second-order valence-electron chi connectivity index (χ2n) is 6.32. The average molecular weight is 530 g/mol. The Kier molecular flexibility index (Phi) is 4.49. The molecular formula is C21H10Br2N2O3S. The minimum Gasteiger partial charge on any atom is -0.437 e. The zero-order chi connectivity index (χ0) is 20.1. The minimum absolute atomic E-state index is 0.00645. The fourth-order valence-corrected chi connectivity index (χ4v) is 5.27. The van der Waals surface area contributed by atoms with Crippen LogP contribution in [-0.4, -0.2) is 4.98 Å². The van der Waals surface area contributed by atoms with Crippen LogP contribution in [0.1, 0.15) is 0 Å². The summed E-state index contributed by atoms with van der Waals surface area (Å²) in [7, 11) is 0. The quantitative estimate of drug-likeness (QED) is 0.271. The van der Waals surface area contributed by atoms with Crippen molar-refractivity contribution in [2.45, 2.75) is 0 Å². The van der Waals surface area contributed by atoms with E-state index < -0.39 is 5.63 Å². The molecule has 0 amide bonds. The number of thiazole rings is 1. The summed E-state index contributed by atoms with van der Waals surface area (Å²) < 4.78 is 12.8. The van der Waals surface area contributed by atoms with Gasteiger partial charge in [-0.3, -0.25) is 5.41 Å². The Morgan fingerprint density at radius 2 is 1.76 bits per heavy atom. The van der Waals surface area contributed by atoms with Crippen LogP contribution in [0.5, 0.6) is 0 Å². The van der Waals surface area contributed by atoms with Crippen LogP contribution in [0, 0.1) is 5.41 Å². The molecule has 0 saturated carbocycles. The molecule has 5 rings (SSSR count). The SMILES string of the molecule is N=c1oc2c(Br)cc(Br)cc2cc1-c1nc(-c2cc3ccccc3oc2=O)cs1. The number of nitrogens with zero attached hydrogens (tertiary/aromatic N) is 1. The number of aromatic nitrogens is 1. The predicted molar refractivity (Wildman–Crippen MR) is 120 cm³/mol. The Bertz CT molecular complexity index is 1540. The molecule has 5 aromatic rings. The van der Waals surface area contributed by atoms with E-state index in [9.17, 15) is 4.79 Å². The molecule has 29 heavy (non-hydrogen) atoms. The van der Waals surface area contributed by atoms with E-state index in [1.54, 1.807) is 17.5 Å². The number of nitrogens with one attached hydrogen (secondary N) is 1. The Hall–Kier alpha value is -2.55. The lowest BCUT2D eigenvalue weighted by atomic mass is 10.1. The molecule has 142 valence electrons. The fraction of sp³-hybridized carbons (Fsp3) is 0. The van der Waals surface area contributed by atoms with E-state index in [0.717, 1.165) is 19.7 Å². The molecule has 0 atom stereocenters. The van der Waals surface area contributed by atoms with Gasteiger partial charge in [0, 0.05) is 20.6 Å². The van der Waals surface area contributed by atoms with Gasteiger partial charge in [-0.25, -0.2) is 9.78 Å². The first-order valence-electron chi connectivity index (χ1n) is 8.46. The third-order valence-corrected chi connectivity index (χ3v) is 6.36. The highest BCUT2D eigenvalue weighted by Gasteiger charge is 2.15. The van der Waals surface area contributed by atoms with Gasteiger partial charge in [0.25, 0.3) is 0 Å². The lowest BCUT2D eigenvalue weighted by Gasteiger charge is -2.04. The van der Waals surface area contributed by atoms with Gasteiger partial charge in [-0.1, -0.05) is 34.1 Å². The topological polar surface area (TPSA) is 80.1 Å². The van der Waals surface area contributed by atoms with Gasteiger partial charge in [-0.15, -0.1) is 11.3 Å². The van der Waals surface area contributed by atoms with Crippen LogP contribution in [0.2, 0.25) is 0 Å². The van der Waals surface area contributed by atoms with Crippen LogP contribution in [-0.2, 0) is 0 Å². The predicted octanol–water partition coefficient (Wildman–Crippen LogP) is 6.33. The standard InChI is InChI=1S/C21H10Br2N2O3S/c22-12-5-11-7-14(19(24)28-18(11)15(23)8-12)20-25-16(9-29-20)13-6-10-3-1-2-4-17(10)27-21(13)26/h1-9,24H. The van der Waals surface area contributed by atoms with Gasteiger partial charge >= 0.3 is 5.63 Å². The van der Waals surface area contributed by atoms with Crippen LogP contribution in [0.3, 0.4) is 0 Å². The monoisotopic (exact) mass is 528 g/mol. The van der Waals surface area contributed by atoms with E-state index in [-0.39, 0.29) is 5.55 Å². The van der Waals surface area contributed by atoms with Crippen molar-refractivity contribution in [3.05, 3.63) is 78.8 Å². The summed E-state index contributed by atoms with van der Waals surface area (Å²) in [6.45, 7) is 0. The summed E-state index contributed by atoms with van der Waals surface area (Å²) in [5.74, 6) is 0. The molecule has 0 saturated heterocycles. The van der Waals surface area contributed by atoms with Gasteiger partial charge in [-0.2, -0.15) is 0 Å². The zero-order valence-corrected chi connectivity index (χ0v) is 18.5. The molecule has 8 heteroatoms. The maximum absolute atomic E-state index is 12.4. The molecule has 0 aliphatic heterocycles. The molecule has 0 aliphatic carbocycles.